The third-order valence-corrected chi connectivity index (χ3v) is 5.16. The Kier molecular flexibility index (Phi) is 8.68. The zero-order valence-electron chi connectivity index (χ0n) is 18.4. The van der Waals surface area contributed by atoms with Crippen molar-refractivity contribution in [1.29, 1.82) is 0 Å². The molecule has 0 bridgehead atoms. The quantitative estimate of drug-likeness (QED) is 0.491. The van der Waals surface area contributed by atoms with Crippen LogP contribution in [0.1, 0.15) is 42.3 Å². The largest absolute Gasteiger partial charge is 0.325 e. The summed E-state index contributed by atoms with van der Waals surface area (Å²) < 4.78 is 0. The Hall–Kier alpha value is -3.06. The number of carbonyl (C=O) groups is 2. The van der Waals surface area contributed by atoms with E-state index in [1.165, 1.54) is 0 Å². The third kappa shape index (κ3) is 6.22. The van der Waals surface area contributed by atoms with Crippen LogP contribution < -0.4 is 10.7 Å². The summed E-state index contributed by atoms with van der Waals surface area (Å²) in [5.74, 6) is -0.978. The summed E-state index contributed by atoms with van der Waals surface area (Å²) in [5, 5.41) is 7.30. The average Bonchev–Trinajstić information content (AvgIpc) is 2.75. The number of hydrogen-bond donors (Lipinski definition) is 2. The fraction of sp³-hybridized carbons (Fsp3) is 0.391. The molecule has 1 aromatic heterocycles. The fourth-order valence-corrected chi connectivity index (χ4v) is 3.15. The lowest BCUT2D eigenvalue weighted by molar-refractivity contribution is -0.118. The summed E-state index contributed by atoms with van der Waals surface area (Å²) in [7, 11) is 0. The van der Waals surface area contributed by atoms with E-state index in [-0.39, 0.29) is 11.8 Å². The maximum atomic E-state index is 13.2. The van der Waals surface area contributed by atoms with Gasteiger partial charge in [0.15, 0.2) is 0 Å². The summed E-state index contributed by atoms with van der Waals surface area (Å²) in [6.45, 7) is 12.0. The number of rotatable bonds is 9. The first-order chi connectivity index (χ1) is 14.4. The first-order valence-corrected chi connectivity index (χ1v) is 10.2. The zero-order chi connectivity index (χ0) is 22.1. The number of aryl methyl sites for hydroxylation is 2. The lowest BCUT2D eigenvalue weighted by Gasteiger charge is -2.25. The minimum Gasteiger partial charge on any atom is -0.325 e. The SMILES string of the molecule is CCN(CC)CC(C(=O)Nc1c(C)cccc1C)/C(C)=N\NC(=O)c1ccncc1. The number of hydrazone groups is 1. The predicted molar refractivity (Wildman–Crippen MR) is 121 cm³/mol. The van der Waals surface area contributed by atoms with E-state index in [4.69, 9.17) is 0 Å². The van der Waals surface area contributed by atoms with Gasteiger partial charge in [-0.05, 0) is 57.1 Å². The van der Waals surface area contributed by atoms with Gasteiger partial charge in [-0.1, -0.05) is 32.0 Å². The van der Waals surface area contributed by atoms with Crippen LogP contribution in [0.5, 0.6) is 0 Å². The van der Waals surface area contributed by atoms with E-state index in [1.807, 2.05) is 32.0 Å². The molecular weight excluding hydrogens is 378 g/mol. The van der Waals surface area contributed by atoms with E-state index < -0.39 is 5.92 Å². The molecule has 0 saturated heterocycles. The number of carbonyl (C=O) groups excluding carboxylic acids is 2. The van der Waals surface area contributed by atoms with Crippen LogP contribution in [0.15, 0.2) is 47.8 Å². The standard InChI is InChI=1S/C23H31N5O2/c1-6-28(7-2)15-20(23(30)25-21-16(3)9-8-10-17(21)4)18(5)26-27-22(29)19-11-13-24-14-12-19/h8-14,20H,6-7,15H2,1-5H3,(H,25,30)(H,27,29)/b26-18-. The monoisotopic (exact) mass is 409 g/mol. The van der Waals surface area contributed by atoms with Gasteiger partial charge in [0.2, 0.25) is 5.91 Å². The second kappa shape index (κ2) is 11.2. The molecule has 2 amide bonds. The van der Waals surface area contributed by atoms with Crippen molar-refractivity contribution in [3.63, 3.8) is 0 Å². The van der Waals surface area contributed by atoms with Gasteiger partial charge >= 0.3 is 0 Å². The second-order valence-corrected chi connectivity index (χ2v) is 7.22. The smallest absolute Gasteiger partial charge is 0.271 e. The van der Waals surface area contributed by atoms with Gasteiger partial charge in [-0.25, -0.2) is 5.43 Å². The van der Waals surface area contributed by atoms with Crippen molar-refractivity contribution >= 4 is 23.2 Å². The number of pyridine rings is 1. The van der Waals surface area contributed by atoms with Crippen LogP contribution in [0.25, 0.3) is 0 Å². The molecule has 1 heterocycles. The molecule has 7 nitrogen and oxygen atoms in total. The number of para-hydroxylation sites is 1. The number of anilines is 1. The maximum absolute atomic E-state index is 13.2. The van der Waals surface area contributed by atoms with E-state index >= 15 is 0 Å². The molecule has 0 aliphatic carbocycles. The molecule has 2 N–H and O–H groups in total. The Morgan fingerprint density at radius 1 is 1.07 bits per heavy atom. The van der Waals surface area contributed by atoms with Gasteiger partial charge in [0.1, 0.15) is 0 Å². The van der Waals surface area contributed by atoms with Crippen molar-refractivity contribution in [1.82, 2.24) is 15.3 Å². The molecule has 0 saturated carbocycles. The van der Waals surface area contributed by atoms with Gasteiger partial charge in [-0.15, -0.1) is 0 Å². The van der Waals surface area contributed by atoms with Crippen LogP contribution >= 0.6 is 0 Å². The molecule has 1 atom stereocenters. The molecular formula is C23H31N5O2. The molecule has 0 radical (unpaired) electrons. The van der Waals surface area contributed by atoms with Crippen molar-refractivity contribution in [2.45, 2.75) is 34.6 Å². The molecule has 1 aromatic carbocycles. The Bertz CT molecular complexity index is 871. The molecule has 7 heteroatoms. The minimum absolute atomic E-state index is 0.140. The molecule has 2 rings (SSSR count). The van der Waals surface area contributed by atoms with Crippen LogP contribution in [0.3, 0.4) is 0 Å². The summed E-state index contributed by atoms with van der Waals surface area (Å²) >= 11 is 0. The van der Waals surface area contributed by atoms with E-state index in [0.717, 1.165) is 29.9 Å². The molecule has 0 aliphatic rings. The van der Waals surface area contributed by atoms with E-state index in [0.29, 0.717) is 17.8 Å². The lowest BCUT2D eigenvalue weighted by Crippen LogP contribution is -2.40. The number of nitrogens with zero attached hydrogens (tertiary/aromatic N) is 3. The fourth-order valence-electron chi connectivity index (χ4n) is 3.15. The zero-order valence-corrected chi connectivity index (χ0v) is 18.4. The van der Waals surface area contributed by atoms with E-state index in [2.05, 4.69) is 39.6 Å². The summed E-state index contributed by atoms with van der Waals surface area (Å²) in [5.41, 5.74) is 6.39. The topological polar surface area (TPSA) is 86.7 Å². The maximum Gasteiger partial charge on any atom is 0.271 e. The van der Waals surface area contributed by atoms with Crippen LogP contribution in [0, 0.1) is 19.8 Å². The third-order valence-electron chi connectivity index (χ3n) is 5.16. The van der Waals surface area contributed by atoms with Gasteiger partial charge in [0.25, 0.3) is 5.91 Å². The molecule has 2 aromatic rings. The van der Waals surface area contributed by atoms with Gasteiger partial charge in [0.05, 0.1) is 5.92 Å². The summed E-state index contributed by atoms with van der Waals surface area (Å²) in [6.07, 6.45) is 3.10. The minimum atomic E-state index is -0.498. The average molecular weight is 410 g/mol. The van der Waals surface area contributed by atoms with Crippen molar-refractivity contribution in [3.05, 3.63) is 59.4 Å². The van der Waals surface area contributed by atoms with Crippen LogP contribution in [-0.4, -0.2) is 47.0 Å². The first kappa shape index (κ1) is 23.2. The molecule has 30 heavy (non-hydrogen) atoms. The van der Waals surface area contributed by atoms with Crippen molar-refractivity contribution in [2.75, 3.05) is 25.0 Å². The van der Waals surface area contributed by atoms with Gasteiger partial charge in [0, 0.05) is 35.9 Å². The molecule has 1 unspecified atom stereocenters. The highest BCUT2D eigenvalue weighted by molar-refractivity contribution is 6.09. The highest BCUT2D eigenvalue weighted by atomic mass is 16.2. The van der Waals surface area contributed by atoms with E-state index in [9.17, 15) is 9.59 Å². The Labute approximate surface area is 178 Å². The molecule has 160 valence electrons. The lowest BCUT2D eigenvalue weighted by atomic mass is 10.0. The number of aromatic nitrogens is 1. The van der Waals surface area contributed by atoms with Crippen molar-refractivity contribution in [3.8, 4) is 0 Å². The van der Waals surface area contributed by atoms with Crippen molar-refractivity contribution in [2.24, 2.45) is 11.0 Å². The van der Waals surface area contributed by atoms with Crippen LogP contribution in [0.4, 0.5) is 5.69 Å². The molecule has 0 spiro atoms. The predicted octanol–water partition coefficient (Wildman–Crippen LogP) is 3.40. The van der Waals surface area contributed by atoms with Crippen LogP contribution in [-0.2, 0) is 4.79 Å². The second-order valence-electron chi connectivity index (χ2n) is 7.22. The van der Waals surface area contributed by atoms with Gasteiger partial charge in [-0.2, -0.15) is 5.10 Å². The Morgan fingerprint density at radius 3 is 2.23 bits per heavy atom. The summed E-state index contributed by atoms with van der Waals surface area (Å²) in [6, 6.07) is 9.13. The number of benzene rings is 1. The Morgan fingerprint density at radius 2 is 1.67 bits per heavy atom. The normalized spacial score (nSPS) is 12.5. The van der Waals surface area contributed by atoms with Gasteiger partial charge in [-0.3, -0.25) is 14.6 Å². The molecule has 0 fully saturated rings. The van der Waals surface area contributed by atoms with Gasteiger partial charge < -0.3 is 10.2 Å². The summed E-state index contributed by atoms with van der Waals surface area (Å²) in [4.78, 5) is 31.6. The van der Waals surface area contributed by atoms with Crippen LogP contribution in [0.2, 0.25) is 0 Å². The Balaban J connectivity index is 2.22. The van der Waals surface area contributed by atoms with E-state index in [1.54, 1.807) is 31.5 Å². The number of amides is 2. The highest BCUT2D eigenvalue weighted by Crippen LogP contribution is 2.21. The first-order valence-electron chi connectivity index (χ1n) is 10.2. The van der Waals surface area contributed by atoms with Crippen molar-refractivity contribution < 1.29 is 9.59 Å². The number of hydrogen-bond acceptors (Lipinski definition) is 5. The highest BCUT2D eigenvalue weighted by Gasteiger charge is 2.25. The molecule has 0 aliphatic heterocycles. The number of nitrogens with one attached hydrogen (secondary N) is 2.